The fraction of sp³-hybridized carbons (Fsp3) is 0.529. The minimum atomic E-state index is -0.965. The van der Waals surface area contributed by atoms with Gasteiger partial charge in [0.05, 0.1) is 0 Å². The molecule has 0 aromatic heterocycles. The van der Waals surface area contributed by atoms with Crippen LogP contribution in [0.2, 0.25) is 0 Å². The summed E-state index contributed by atoms with van der Waals surface area (Å²) in [5, 5.41) is 11.7. The van der Waals surface area contributed by atoms with Crippen molar-refractivity contribution in [2.75, 3.05) is 0 Å². The summed E-state index contributed by atoms with van der Waals surface area (Å²) in [6.45, 7) is 5.96. The fourth-order valence-electron chi connectivity index (χ4n) is 2.26. The van der Waals surface area contributed by atoms with Gasteiger partial charge in [-0.2, -0.15) is 0 Å². The Morgan fingerprint density at radius 1 is 1.14 bits per heavy atom. The van der Waals surface area contributed by atoms with Crippen LogP contribution >= 0.6 is 0 Å². The smallest absolute Gasteiger partial charge is 0.326 e. The summed E-state index contributed by atoms with van der Waals surface area (Å²) >= 11 is 0. The second kappa shape index (κ2) is 8.45. The van der Waals surface area contributed by atoms with E-state index in [1.165, 1.54) is 5.56 Å². The molecule has 0 aliphatic heterocycles. The van der Waals surface area contributed by atoms with E-state index in [4.69, 9.17) is 5.11 Å². The molecule has 1 unspecified atom stereocenters. The first-order chi connectivity index (χ1) is 9.90. The van der Waals surface area contributed by atoms with Crippen LogP contribution in [0.1, 0.15) is 51.5 Å². The topological polar surface area (TPSA) is 66.4 Å². The third kappa shape index (κ3) is 6.43. The van der Waals surface area contributed by atoms with Gasteiger partial charge in [-0.25, -0.2) is 4.79 Å². The van der Waals surface area contributed by atoms with Crippen molar-refractivity contribution in [2.45, 2.75) is 52.0 Å². The number of rotatable bonds is 8. The van der Waals surface area contributed by atoms with E-state index in [1.807, 2.05) is 44.2 Å². The number of hydrogen-bond donors (Lipinski definition) is 2. The van der Waals surface area contributed by atoms with Gasteiger partial charge in [0.15, 0.2) is 0 Å². The molecule has 0 bridgehead atoms. The van der Waals surface area contributed by atoms with E-state index >= 15 is 0 Å². The lowest BCUT2D eigenvalue weighted by Gasteiger charge is -2.17. The molecule has 0 aliphatic carbocycles. The first-order valence-corrected chi connectivity index (χ1v) is 7.47. The first kappa shape index (κ1) is 17.2. The molecular weight excluding hydrogens is 266 g/mol. The third-order valence-electron chi connectivity index (χ3n) is 3.51. The van der Waals surface area contributed by atoms with Crippen LogP contribution in [0.15, 0.2) is 30.3 Å². The van der Waals surface area contributed by atoms with Gasteiger partial charge in [-0.3, -0.25) is 4.79 Å². The molecule has 2 N–H and O–H groups in total. The van der Waals surface area contributed by atoms with Crippen LogP contribution in [0.25, 0.3) is 0 Å². The highest BCUT2D eigenvalue weighted by atomic mass is 16.4. The van der Waals surface area contributed by atoms with Crippen molar-refractivity contribution >= 4 is 11.9 Å². The maximum Gasteiger partial charge on any atom is 0.326 e. The lowest BCUT2D eigenvalue weighted by Crippen LogP contribution is -2.41. The number of benzene rings is 1. The number of carbonyl (C=O) groups excluding carboxylic acids is 1. The number of nitrogens with one attached hydrogen (secondary N) is 1. The molecule has 1 aromatic rings. The van der Waals surface area contributed by atoms with Gasteiger partial charge in [0.25, 0.3) is 0 Å². The molecule has 0 saturated carbocycles. The van der Waals surface area contributed by atoms with Crippen molar-refractivity contribution in [2.24, 2.45) is 5.92 Å². The molecule has 2 atom stereocenters. The van der Waals surface area contributed by atoms with Crippen molar-refractivity contribution in [1.29, 1.82) is 0 Å². The third-order valence-corrected chi connectivity index (χ3v) is 3.51. The molecule has 21 heavy (non-hydrogen) atoms. The SMILES string of the molecule is CC(C)C[C@@H](NC(=O)CCC(C)c1ccccc1)C(=O)O. The summed E-state index contributed by atoms with van der Waals surface area (Å²) < 4.78 is 0. The van der Waals surface area contributed by atoms with Crippen LogP contribution in [0.4, 0.5) is 0 Å². The Morgan fingerprint density at radius 2 is 1.76 bits per heavy atom. The average Bonchev–Trinajstić information content (AvgIpc) is 2.44. The maximum absolute atomic E-state index is 11.9. The number of aliphatic carboxylic acids is 1. The van der Waals surface area contributed by atoms with Crippen LogP contribution in [0.5, 0.6) is 0 Å². The van der Waals surface area contributed by atoms with Gasteiger partial charge >= 0.3 is 5.97 Å². The monoisotopic (exact) mass is 291 g/mol. The predicted octanol–water partition coefficient (Wildman–Crippen LogP) is 3.19. The molecule has 0 spiro atoms. The Bertz CT molecular complexity index is 456. The molecule has 0 radical (unpaired) electrons. The lowest BCUT2D eigenvalue weighted by molar-refractivity contribution is -0.142. The Hall–Kier alpha value is -1.84. The summed E-state index contributed by atoms with van der Waals surface area (Å²) in [6.07, 6.45) is 1.51. The minimum absolute atomic E-state index is 0.189. The minimum Gasteiger partial charge on any atom is -0.480 e. The highest BCUT2D eigenvalue weighted by Gasteiger charge is 2.21. The van der Waals surface area contributed by atoms with Crippen molar-refractivity contribution in [3.63, 3.8) is 0 Å². The molecular formula is C17H25NO3. The molecule has 1 rings (SSSR count). The van der Waals surface area contributed by atoms with Crippen LogP contribution in [-0.2, 0) is 9.59 Å². The van der Waals surface area contributed by atoms with E-state index in [1.54, 1.807) is 0 Å². The summed E-state index contributed by atoms with van der Waals surface area (Å²) in [7, 11) is 0. The van der Waals surface area contributed by atoms with Gasteiger partial charge < -0.3 is 10.4 Å². The summed E-state index contributed by atoms with van der Waals surface area (Å²) in [5.41, 5.74) is 1.20. The Balaban J connectivity index is 2.44. The molecule has 0 aliphatic rings. The number of carboxylic acids is 1. The molecule has 4 nitrogen and oxygen atoms in total. The molecule has 116 valence electrons. The average molecular weight is 291 g/mol. The van der Waals surface area contributed by atoms with Crippen molar-refractivity contribution in [1.82, 2.24) is 5.32 Å². The number of hydrogen-bond acceptors (Lipinski definition) is 2. The van der Waals surface area contributed by atoms with Crippen molar-refractivity contribution in [3.05, 3.63) is 35.9 Å². The van der Waals surface area contributed by atoms with Crippen LogP contribution in [-0.4, -0.2) is 23.0 Å². The van der Waals surface area contributed by atoms with E-state index in [9.17, 15) is 9.59 Å². The Morgan fingerprint density at radius 3 is 2.29 bits per heavy atom. The molecule has 0 saturated heterocycles. The summed E-state index contributed by atoms with van der Waals surface area (Å²) in [4.78, 5) is 23.0. The van der Waals surface area contributed by atoms with Crippen molar-refractivity contribution < 1.29 is 14.7 Å². The zero-order valence-electron chi connectivity index (χ0n) is 13.0. The molecule has 0 fully saturated rings. The molecule has 0 heterocycles. The largest absolute Gasteiger partial charge is 0.480 e. The number of amides is 1. The zero-order chi connectivity index (χ0) is 15.8. The quantitative estimate of drug-likeness (QED) is 0.773. The van der Waals surface area contributed by atoms with Gasteiger partial charge in [0, 0.05) is 6.42 Å². The molecule has 4 heteroatoms. The van der Waals surface area contributed by atoms with Gasteiger partial charge in [0.2, 0.25) is 5.91 Å². The highest BCUT2D eigenvalue weighted by molar-refractivity contribution is 5.83. The zero-order valence-corrected chi connectivity index (χ0v) is 13.0. The number of carboxylic acid groups (broad SMARTS) is 1. The summed E-state index contributed by atoms with van der Waals surface area (Å²) in [5.74, 6) is -0.640. The van der Waals surface area contributed by atoms with Crippen LogP contribution in [0.3, 0.4) is 0 Å². The van der Waals surface area contributed by atoms with E-state index < -0.39 is 12.0 Å². The molecule has 1 amide bonds. The van der Waals surface area contributed by atoms with Gasteiger partial charge in [-0.1, -0.05) is 51.1 Å². The maximum atomic E-state index is 11.9. The first-order valence-electron chi connectivity index (χ1n) is 7.47. The second-order valence-electron chi connectivity index (χ2n) is 5.94. The van der Waals surface area contributed by atoms with Crippen molar-refractivity contribution in [3.8, 4) is 0 Å². The summed E-state index contributed by atoms with van der Waals surface area (Å²) in [6, 6.07) is 9.23. The van der Waals surface area contributed by atoms with Gasteiger partial charge in [0.1, 0.15) is 6.04 Å². The van der Waals surface area contributed by atoms with E-state index in [0.717, 1.165) is 0 Å². The van der Waals surface area contributed by atoms with Gasteiger partial charge in [-0.05, 0) is 30.2 Å². The predicted molar refractivity (Wildman–Crippen MR) is 83.1 cm³/mol. The lowest BCUT2D eigenvalue weighted by atomic mass is 9.96. The standard InChI is InChI=1S/C17H25NO3/c1-12(2)11-15(17(20)21)18-16(19)10-9-13(3)14-7-5-4-6-8-14/h4-8,12-13,15H,9-11H2,1-3H3,(H,18,19)(H,20,21)/t13?,15-/m1/s1. The Labute approximate surface area is 126 Å². The van der Waals surface area contributed by atoms with Crippen LogP contribution in [0, 0.1) is 5.92 Å². The second-order valence-corrected chi connectivity index (χ2v) is 5.94. The van der Waals surface area contributed by atoms with E-state index in [2.05, 4.69) is 12.2 Å². The van der Waals surface area contributed by atoms with Crippen LogP contribution < -0.4 is 5.32 Å². The number of carbonyl (C=O) groups is 2. The van der Waals surface area contributed by atoms with E-state index in [0.29, 0.717) is 19.3 Å². The normalized spacial score (nSPS) is 13.7. The highest BCUT2D eigenvalue weighted by Crippen LogP contribution is 2.20. The van der Waals surface area contributed by atoms with Gasteiger partial charge in [-0.15, -0.1) is 0 Å². The fourth-order valence-corrected chi connectivity index (χ4v) is 2.26. The van der Waals surface area contributed by atoms with E-state index in [-0.39, 0.29) is 17.7 Å². The molecule has 1 aromatic carbocycles. The Kier molecular flexibility index (Phi) is 6.92.